The third-order valence-electron chi connectivity index (χ3n) is 8.61. The molecule has 4 aromatic rings. The zero-order valence-corrected chi connectivity index (χ0v) is 27.3. The summed E-state index contributed by atoms with van der Waals surface area (Å²) in [4.78, 5) is 16.6. The van der Waals surface area contributed by atoms with Crippen molar-refractivity contribution in [3.8, 4) is 11.3 Å². The second-order valence-electron chi connectivity index (χ2n) is 11.3. The molecule has 1 radical (unpaired) electrons. The predicted octanol–water partition coefficient (Wildman–Crippen LogP) is 9.67. The fraction of sp³-hybridized carbons (Fsp3) is 0.389. The fourth-order valence-electron chi connectivity index (χ4n) is 6.11. The number of nitrogens with zero attached hydrogens (tertiary/aromatic N) is 1. The van der Waals surface area contributed by atoms with Crippen LogP contribution in [-0.2, 0) is 30.3 Å². The zero-order chi connectivity index (χ0) is 28.3. The van der Waals surface area contributed by atoms with Gasteiger partial charge in [0.1, 0.15) is 0 Å². The van der Waals surface area contributed by atoms with Gasteiger partial charge in [-0.15, -0.1) is 29.1 Å². The van der Waals surface area contributed by atoms with Crippen LogP contribution in [0.4, 0.5) is 0 Å². The Hall–Kier alpha value is -2.81. The third kappa shape index (κ3) is 5.80. The summed E-state index contributed by atoms with van der Waals surface area (Å²) in [5.41, 5.74) is 6.11. The molecule has 0 amide bonds. The van der Waals surface area contributed by atoms with Gasteiger partial charge in [-0.25, -0.2) is 0 Å². The number of allylic oxidation sites excluding steroid dienone is 2. The number of ketones is 1. The normalized spacial score (nSPS) is 13.6. The number of rotatable bonds is 7. The molecule has 0 unspecified atom stereocenters. The van der Waals surface area contributed by atoms with Crippen LogP contribution in [0, 0.1) is 24.8 Å². The molecule has 5 rings (SSSR count). The van der Waals surface area contributed by atoms with Gasteiger partial charge in [0.2, 0.25) is 0 Å². The van der Waals surface area contributed by atoms with Gasteiger partial charge in [-0.1, -0.05) is 88.9 Å². The second-order valence-corrected chi connectivity index (χ2v) is 11.3. The van der Waals surface area contributed by atoms with Crippen LogP contribution in [0.5, 0.6) is 0 Å². The van der Waals surface area contributed by atoms with Gasteiger partial charge < -0.3 is 10.1 Å². The quantitative estimate of drug-likeness (QED) is 0.118. The summed E-state index contributed by atoms with van der Waals surface area (Å²) >= 11 is 0. The molecule has 1 N–H and O–H groups in total. The Bertz CT molecular complexity index is 1520. The maximum atomic E-state index is 11.7. The van der Waals surface area contributed by atoms with Crippen LogP contribution >= 0.6 is 0 Å². The van der Waals surface area contributed by atoms with Gasteiger partial charge in [0.15, 0.2) is 5.78 Å². The number of aromatic nitrogens is 1. The first-order valence-electron chi connectivity index (χ1n) is 14.5. The first-order valence-corrected chi connectivity index (χ1v) is 14.5. The fourth-order valence-corrected chi connectivity index (χ4v) is 6.11. The van der Waals surface area contributed by atoms with Crippen molar-refractivity contribution in [3.05, 3.63) is 89.3 Å². The molecular weight excluding hydrogens is 671 g/mol. The smallest absolute Gasteiger partial charge is 0.162 e. The maximum Gasteiger partial charge on any atom is 0.162 e. The molecule has 0 fully saturated rings. The van der Waals surface area contributed by atoms with E-state index in [4.69, 9.17) is 4.98 Å². The van der Waals surface area contributed by atoms with Crippen molar-refractivity contribution in [1.29, 1.82) is 0 Å². The number of aryl methyl sites for hydroxylation is 1. The number of benzene rings is 3. The molecule has 0 aliphatic heterocycles. The summed E-state index contributed by atoms with van der Waals surface area (Å²) < 4.78 is 0. The molecule has 0 bridgehead atoms. The zero-order valence-electron chi connectivity index (χ0n) is 24.9. The van der Waals surface area contributed by atoms with Crippen LogP contribution in [0.15, 0.2) is 66.6 Å². The van der Waals surface area contributed by atoms with E-state index in [0.717, 1.165) is 36.9 Å². The largest absolute Gasteiger partial charge is 0.512 e. The van der Waals surface area contributed by atoms with Crippen molar-refractivity contribution in [2.75, 3.05) is 0 Å². The first kappa shape index (κ1) is 31.7. The maximum absolute atomic E-state index is 11.7. The number of hydrogen-bond donors (Lipinski definition) is 1. The standard InChI is InChI=1S/C23H18N.C13H24O2.Ir/c1-14-7-4-10-16-18(14)13-24-22-17-11-5-8-15-9-6-12-19(20(15)17)23(2,3)21(16)22;1-5-10(6-2)12(14)9-13(15)11(7-3)8-4;/h4-10,12-13H,1-3H3;9-11,14H,5-8H2,1-4H3;/q-1;;/b;12-9-;. The summed E-state index contributed by atoms with van der Waals surface area (Å²) in [5, 5.41) is 14.9. The third-order valence-corrected chi connectivity index (χ3v) is 8.61. The van der Waals surface area contributed by atoms with Gasteiger partial charge in [0.25, 0.3) is 0 Å². The molecule has 213 valence electrons. The minimum absolute atomic E-state index is 0. The summed E-state index contributed by atoms with van der Waals surface area (Å²) in [6.45, 7) is 14.9. The Morgan fingerprint density at radius 2 is 1.60 bits per heavy atom. The van der Waals surface area contributed by atoms with E-state index in [1.165, 1.54) is 44.3 Å². The van der Waals surface area contributed by atoms with E-state index < -0.39 is 0 Å². The molecule has 40 heavy (non-hydrogen) atoms. The molecule has 4 heteroatoms. The van der Waals surface area contributed by atoms with Gasteiger partial charge in [-0.2, -0.15) is 0 Å². The van der Waals surface area contributed by atoms with Crippen molar-refractivity contribution in [3.63, 3.8) is 0 Å². The van der Waals surface area contributed by atoms with Crippen molar-refractivity contribution in [1.82, 2.24) is 4.98 Å². The average Bonchev–Trinajstić information content (AvgIpc) is 2.93. The van der Waals surface area contributed by atoms with Crippen LogP contribution in [0.25, 0.3) is 32.8 Å². The molecule has 1 aliphatic carbocycles. The minimum Gasteiger partial charge on any atom is -0.512 e. The molecule has 0 saturated carbocycles. The summed E-state index contributed by atoms with van der Waals surface area (Å²) in [6, 6.07) is 20.8. The van der Waals surface area contributed by atoms with E-state index in [2.05, 4.69) is 69.3 Å². The van der Waals surface area contributed by atoms with E-state index >= 15 is 0 Å². The number of pyridine rings is 1. The van der Waals surface area contributed by atoms with E-state index in [1.54, 1.807) is 0 Å². The van der Waals surface area contributed by atoms with Crippen LogP contribution in [0.3, 0.4) is 0 Å². The molecule has 1 heterocycles. The van der Waals surface area contributed by atoms with E-state index in [1.807, 2.05) is 40.0 Å². The van der Waals surface area contributed by atoms with Crippen LogP contribution in [0.2, 0.25) is 0 Å². The molecule has 1 aromatic heterocycles. The van der Waals surface area contributed by atoms with E-state index in [9.17, 15) is 9.90 Å². The van der Waals surface area contributed by atoms with Crippen molar-refractivity contribution >= 4 is 27.3 Å². The van der Waals surface area contributed by atoms with Gasteiger partial charge in [-0.05, 0) is 54.8 Å². The Balaban J connectivity index is 0.000000243. The number of fused-ring (bicyclic) bond motifs is 4. The van der Waals surface area contributed by atoms with Gasteiger partial charge >= 0.3 is 0 Å². The van der Waals surface area contributed by atoms with Crippen LogP contribution in [-0.4, -0.2) is 15.9 Å². The number of aliphatic hydroxyl groups excluding tert-OH is 1. The van der Waals surface area contributed by atoms with Gasteiger partial charge in [-0.3, -0.25) is 4.79 Å². The molecular formula is C36H42IrNO2-. The predicted molar refractivity (Wildman–Crippen MR) is 164 cm³/mol. The molecule has 3 aromatic carbocycles. The van der Waals surface area contributed by atoms with Gasteiger partial charge in [0.05, 0.1) is 5.76 Å². The van der Waals surface area contributed by atoms with Crippen molar-refractivity contribution < 1.29 is 30.0 Å². The summed E-state index contributed by atoms with van der Waals surface area (Å²) in [5.74, 6) is 0.547. The Morgan fingerprint density at radius 1 is 0.950 bits per heavy atom. The van der Waals surface area contributed by atoms with Crippen LogP contribution in [0.1, 0.15) is 83.9 Å². The Labute approximate surface area is 253 Å². The minimum atomic E-state index is -0.0860. The molecule has 0 atom stereocenters. The van der Waals surface area contributed by atoms with Crippen LogP contribution < -0.4 is 0 Å². The number of aliphatic hydroxyl groups is 1. The summed E-state index contributed by atoms with van der Waals surface area (Å²) in [7, 11) is 0. The second kappa shape index (κ2) is 13.2. The molecule has 0 spiro atoms. The molecule has 1 aliphatic rings. The van der Waals surface area contributed by atoms with Crippen molar-refractivity contribution in [2.45, 2.75) is 79.6 Å². The number of carbonyl (C=O) groups is 1. The Morgan fingerprint density at radius 3 is 2.25 bits per heavy atom. The number of carbonyl (C=O) groups excluding carboxylic acids is 1. The number of hydrogen-bond acceptors (Lipinski definition) is 3. The molecule has 3 nitrogen and oxygen atoms in total. The van der Waals surface area contributed by atoms with E-state index in [-0.39, 0.29) is 48.9 Å². The summed E-state index contributed by atoms with van der Waals surface area (Å²) in [6.07, 6.45) is 6.93. The Kier molecular flexibility index (Phi) is 10.5. The first-order chi connectivity index (χ1) is 18.7. The average molecular weight is 713 g/mol. The van der Waals surface area contributed by atoms with E-state index in [0.29, 0.717) is 0 Å². The molecule has 0 saturated heterocycles. The topological polar surface area (TPSA) is 50.2 Å². The SMILES string of the molecule is CCC(CC)C(=O)/C=C(\O)C(CC)CC.Cc1cccc2c3c(ncc12)-c1[c-]ccc2cccc(c12)C3(C)C.[Ir]. The monoisotopic (exact) mass is 713 g/mol. The van der Waals surface area contributed by atoms with Gasteiger partial charge in [0, 0.05) is 55.0 Å². The van der Waals surface area contributed by atoms with Crippen molar-refractivity contribution in [2.24, 2.45) is 11.8 Å².